The number of hydrogen-bond acceptors (Lipinski definition) is 6. The average Bonchev–Trinajstić information content (AvgIpc) is 3.62. The van der Waals surface area contributed by atoms with E-state index in [-0.39, 0.29) is 36.7 Å². The molecule has 0 radical (unpaired) electrons. The van der Waals surface area contributed by atoms with Crippen molar-refractivity contribution in [1.29, 1.82) is 0 Å². The maximum atomic E-state index is 12.8. The summed E-state index contributed by atoms with van der Waals surface area (Å²) >= 11 is 0. The Balaban J connectivity index is 1.02. The monoisotopic (exact) mass is 720 g/mol. The van der Waals surface area contributed by atoms with Gasteiger partial charge in [-0.25, -0.2) is 4.79 Å². The van der Waals surface area contributed by atoms with E-state index in [1.807, 2.05) is 0 Å². The molecular weight excluding hydrogens is 651 g/mol. The highest BCUT2D eigenvalue weighted by atomic mass is 31.2. The lowest BCUT2D eigenvalue weighted by Crippen LogP contribution is -2.51. The Labute approximate surface area is 302 Å². The zero-order valence-electron chi connectivity index (χ0n) is 32.0. The SMILES string of the molecule is CC(C)CCC[C@@H](C)[C@H]1CCC2C3CC=C4CC(OC(=O)NCCCCCC(=O)N5C[C@H](OP(C)(=O)O)C[C@H]5CO)CC[C@]4(C)C3CC[C@@]21C. The van der Waals surface area contributed by atoms with Crippen LogP contribution in [0.3, 0.4) is 0 Å². The molecule has 10 heteroatoms. The molecule has 3 N–H and O–H groups in total. The van der Waals surface area contributed by atoms with Crippen LogP contribution in [-0.4, -0.2) is 71.5 Å². The molecular formula is C40H69N2O7P. The van der Waals surface area contributed by atoms with Crippen LogP contribution in [0, 0.1) is 46.3 Å². The first-order valence-electron chi connectivity index (χ1n) is 20.2. The molecule has 286 valence electrons. The Morgan fingerprint density at radius 2 is 1.80 bits per heavy atom. The molecule has 50 heavy (non-hydrogen) atoms. The lowest BCUT2D eigenvalue weighted by Gasteiger charge is -2.58. The summed E-state index contributed by atoms with van der Waals surface area (Å²) < 4.78 is 22.8. The molecule has 5 unspecified atom stereocenters. The molecule has 0 bridgehead atoms. The molecule has 5 rings (SSSR count). The van der Waals surface area contributed by atoms with Crippen molar-refractivity contribution in [3.05, 3.63) is 11.6 Å². The van der Waals surface area contributed by atoms with Gasteiger partial charge in [-0.2, -0.15) is 0 Å². The first-order chi connectivity index (χ1) is 23.6. The molecule has 0 aromatic heterocycles. The summed E-state index contributed by atoms with van der Waals surface area (Å²) in [4.78, 5) is 36.6. The number of nitrogens with zero attached hydrogens (tertiary/aromatic N) is 1. The van der Waals surface area contributed by atoms with Gasteiger partial charge in [0.05, 0.1) is 18.8 Å². The second-order valence-electron chi connectivity index (χ2n) is 17.9. The van der Waals surface area contributed by atoms with E-state index in [0.29, 0.717) is 31.2 Å². The van der Waals surface area contributed by atoms with Crippen LogP contribution in [0.2, 0.25) is 0 Å². The fraction of sp³-hybridized carbons (Fsp3) is 0.900. The molecule has 1 heterocycles. The topological polar surface area (TPSA) is 125 Å². The highest BCUT2D eigenvalue weighted by Crippen LogP contribution is 2.67. The standard InChI is InChI=1S/C40H69N2O7P/c1-27(2)11-10-12-28(3)34-16-17-35-33-15-14-29-23-31(18-20-39(29,4)36(33)19-21-40(34,35)5)48-38(45)41-22-9-7-8-13-37(44)42-25-32(24-30(42)26-43)49-50(6,46)47/h14,27-28,30-36,43H,7-13,15-26H2,1-6H3,(H,41,45)(H,46,47)/t28-,30+,31?,32-,33?,34-,35?,36?,39+,40-/m1/s1. The molecule has 0 aromatic carbocycles. The molecule has 11 atom stereocenters. The first-order valence-corrected chi connectivity index (χ1v) is 22.2. The molecule has 5 aliphatic rings. The number of carbonyl (C=O) groups excluding carboxylic acids is 2. The molecule has 2 amide bonds. The van der Waals surface area contributed by atoms with Crippen LogP contribution in [-0.2, 0) is 18.6 Å². The van der Waals surface area contributed by atoms with Crippen molar-refractivity contribution < 1.29 is 33.4 Å². The van der Waals surface area contributed by atoms with Gasteiger partial charge >= 0.3 is 13.7 Å². The van der Waals surface area contributed by atoms with Crippen LogP contribution in [0.4, 0.5) is 4.79 Å². The number of aliphatic hydroxyl groups is 1. The number of nitrogens with one attached hydrogen (secondary N) is 1. The van der Waals surface area contributed by atoms with E-state index < -0.39 is 19.7 Å². The number of hydrogen-bond donors (Lipinski definition) is 3. The number of aliphatic hydroxyl groups excluding tert-OH is 1. The second kappa shape index (κ2) is 16.7. The Morgan fingerprint density at radius 3 is 2.52 bits per heavy atom. The van der Waals surface area contributed by atoms with Crippen LogP contribution < -0.4 is 5.32 Å². The van der Waals surface area contributed by atoms with E-state index >= 15 is 0 Å². The summed E-state index contributed by atoms with van der Waals surface area (Å²) in [6.45, 7) is 14.1. The predicted molar refractivity (Wildman–Crippen MR) is 198 cm³/mol. The molecule has 1 saturated heterocycles. The number of fused-ring (bicyclic) bond motifs is 5. The number of alkyl carbamates (subject to hydrolysis) is 1. The maximum absolute atomic E-state index is 12.8. The lowest BCUT2D eigenvalue weighted by molar-refractivity contribution is -0.133. The van der Waals surface area contributed by atoms with Crippen molar-refractivity contribution in [2.24, 2.45) is 46.3 Å². The third kappa shape index (κ3) is 9.20. The van der Waals surface area contributed by atoms with Gasteiger partial charge in [-0.3, -0.25) is 9.36 Å². The summed E-state index contributed by atoms with van der Waals surface area (Å²) in [7, 11) is -3.66. The molecule has 0 spiro atoms. The van der Waals surface area contributed by atoms with Gasteiger partial charge in [-0.1, -0.05) is 72.0 Å². The third-order valence-corrected chi connectivity index (χ3v) is 14.8. The van der Waals surface area contributed by atoms with Gasteiger partial charge in [0.25, 0.3) is 0 Å². The van der Waals surface area contributed by atoms with Crippen LogP contribution in [0.1, 0.15) is 137 Å². The van der Waals surface area contributed by atoms with Crippen LogP contribution in [0.25, 0.3) is 0 Å². The van der Waals surface area contributed by atoms with E-state index in [1.54, 1.807) is 4.90 Å². The Kier molecular flexibility index (Phi) is 13.3. The molecule has 4 fully saturated rings. The lowest BCUT2D eigenvalue weighted by atomic mass is 9.47. The number of likely N-dealkylation sites (tertiary alicyclic amines) is 1. The third-order valence-electron chi connectivity index (χ3n) is 14.1. The predicted octanol–water partition coefficient (Wildman–Crippen LogP) is 8.48. The van der Waals surface area contributed by atoms with Gasteiger partial charge < -0.3 is 29.5 Å². The van der Waals surface area contributed by atoms with E-state index in [9.17, 15) is 24.2 Å². The number of carbonyl (C=O) groups is 2. The fourth-order valence-corrected chi connectivity index (χ4v) is 12.3. The zero-order valence-corrected chi connectivity index (χ0v) is 32.9. The van der Waals surface area contributed by atoms with Crippen LogP contribution >= 0.6 is 7.60 Å². The number of ether oxygens (including phenoxy) is 1. The van der Waals surface area contributed by atoms with Crippen molar-refractivity contribution >= 4 is 19.6 Å². The normalized spacial score (nSPS) is 36.9. The highest BCUT2D eigenvalue weighted by molar-refractivity contribution is 7.51. The van der Waals surface area contributed by atoms with E-state index in [1.165, 1.54) is 56.9 Å². The second-order valence-corrected chi connectivity index (χ2v) is 19.8. The molecule has 1 aliphatic heterocycles. The first kappa shape index (κ1) is 39.8. The molecule has 0 aromatic rings. The van der Waals surface area contributed by atoms with Crippen molar-refractivity contribution in [3.63, 3.8) is 0 Å². The van der Waals surface area contributed by atoms with Gasteiger partial charge in [-0.15, -0.1) is 0 Å². The van der Waals surface area contributed by atoms with Gasteiger partial charge in [-0.05, 0) is 111 Å². The summed E-state index contributed by atoms with van der Waals surface area (Å²) in [5, 5.41) is 12.6. The fourth-order valence-electron chi connectivity index (χ4n) is 11.6. The van der Waals surface area contributed by atoms with E-state index in [0.717, 1.165) is 74.3 Å². The average molecular weight is 721 g/mol. The number of amides is 2. The summed E-state index contributed by atoms with van der Waals surface area (Å²) in [5.74, 6) is 4.82. The van der Waals surface area contributed by atoms with E-state index in [2.05, 4.69) is 46.0 Å². The molecule has 4 aliphatic carbocycles. The number of rotatable bonds is 15. The minimum absolute atomic E-state index is 0.0694. The van der Waals surface area contributed by atoms with Gasteiger partial charge in [0.1, 0.15) is 6.10 Å². The van der Waals surface area contributed by atoms with Crippen LogP contribution in [0.5, 0.6) is 0 Å². The van der Waals surface area contributed by atoms with E-state index in [4.69, 9.17) is 9.26 Å². The van der Waals surface area contributed by atoms with Crippen molar-refractivity contribution in [3.8, 4) is 0 Å². The zero-order chi connectivity index (χ0) is 36.3. The maximum Gasteiger partial charge on any atom is 0.407 e. The summed E-state index contributed by atoms with van der Waals surface area (Å²) in [5.41, 5.74) is 2.26. The number of unbranched alkanes of at least 4 members (excludes halogenated alkanes) is 2. The van der Waals surface area contributed by atoms with Gasteiger partial charge in [0.15, 0.2) is 0 Å². The molecule has 9 nitrogen and oxygen atoms in total. The minimum Gasteiger partial charge on any atom is -0.446 e. The molecule has 3 saturated carbocycles. The van der Waals surface area contributed by atoms with Gasteiger partial charge in [0, 0.05) is 32.6 Å². The summed E-state index contributed by atoms with van der Waals surface area (Å²) in [6.07, 6.45) is 18.2. The quantitative estimate of drug-likeness (QED) is 0.0881. The highest BCUT2D eigenvalue weighted by Gasteiger charge is 2.59. The van der Waals surface area contributed by atoms with Crippen molar-refractivity contribution in [1.82, 2.24) is 10.2 Å². The van der Waals surface area contributed by atoms with Crippen LogP contribution in [0.15, 0.2) is 11.6 Å². The Hall–Kier alpha value is -1.41. The minimum atomic E-state index is -3.66. The number of allylic oxidation sites excluding steroid dienone is 1. The van der Waals surface area contributed by atoms with Gasteiger partial charge in [0.2, 0.25) is 5.91 Å². The Bertz CT molecular complexity index is 1250. The largest absolute Gasteiger partial charge is 0.446 e. The smallest absolute Gasteiger partial charge is 0.407 e. The Morgan fingerprint density at radius 1 is 1.02 bits per heavy atom. The van der Waals surface area contributed by atoms with Crippen molar-refractivity contribution in [2.75, 3.05) is 26.4 Å². The van der Waals surface area contributed by atoms with Crippen molar-refractivity contribution in [2.45, 2.75) is 156 Å². The summed E-state index contributed by atoms with van der Waals surface area (Å²) in [6, 6.07) is -0.393.